The highest BCUT2D eigenvalue weighted by Crippen LogP contribution is 2.55. The van der Waals surface area contributed by atoms with Crippen LogP contribution >= 0.6 is 0 Å². The van der Waals surface area contributed by atoms with Crippen molar-refractivity contribution in [1.82, 2.24) is 4.90 Å². The lowest BCUT2D eigenvalue weighted by atomic mass is 10.1. The standard InChI is InChI=1S/C18H37NO3Si/c1-14(2)13-23(17(3,4)5,18(6,7)8)22-16(21)19-11-9-15(20)10-12-19/h14-15,20H,9-13H2,1-8H3. The molecule has 5 heteroatoms. The van der Waals surface area contributed by atoms with Gasteiger partial charge in [-0.05, 0) is 34.9 Å². The Bertz CT molecular complexity index is 387. The summed E-state index contributed by atoms with van der Waals surface area (Å²) in [7, 11) is -2.38. The topological polar surface area (TPSA) is 49.8 Å². The van der Waals surface area contributed by atoms with E-state index in [2.05, 4.69) is 55.4 Å². The highest BCUT2D eigenvalue weighted by Gasteiger charge is 2.58. The van der Waals surface area contributed by atoms with E-state index in [0.717, 1.165) is 6.04 Å². The fourth-order valence-corrected chi connectivity index (χ4v) is 9.67. The van der Waals surface area contributed by atoms with E-state index < -0.39 is 8.32 Å². The molecular formula is C18H37NO3Si. The molecule has 1 aliphatic heterocycles. The molecule has 0 aromatic rings. The van der Waals surface area contributed by atoms with Crippen molar-refractivity contribution in [1.29, 1.82) is 0 Å². The Balaban J connectivity index is 3.07. The molecule has 1 N–H and O–H groups in total. The molecule has 0 aliphatic carbocycles. The summed E-state index contributed by atoms with van der Waals surface area (Å²) in [6.07, 6.45) is 0.855. The lowest BCUT2D eigenvalue weighted by Crippen LogP contribution is -2.58. The van der Waals surface area contributed by atoms with Crippen LogP contribution in [0.2, 0.25) is 16.1 Å². The summed E-state index contributed by atoms with van der Waals surface area (Å²) < 4.78 is 6.40. The van der Waals surface area contributed by atoms with Gasteiger partial charge >= 0.3 is 6.09 Å². The summed E-state index contributed by atoms with van der Waals surface area (Å²) in [5.41, 5.74) is 0. The summed E-state index contributed by atoms with van der Waals surface area (Å²) in [6.45, 7) is 19.0. The predicted molar refractivity (Wildman–Crippen MR) is 98.1 cm³/mol. The van der Waals surface area contributed by atoms with E-state index in [1.807, 2.05) is 0 Å². The van der Waals surface area contributed by atoms with Crippen LogP contribution in [-0.2, 0) is 4.43 Å². The van der Waals surface area contributed by atoms with Gasteiger partial charge in [0.05, 0.1) is 6.10 Å². The van der Waals surface area contributed by atoms with Crippen LogP contribution < -0.4 is 0 Å². The first-order valence-corrected chi connectivity index (χ1v) is 11.1. The van der Waals surface area contributed by atoms with Crippen molar-refractivity contribution in [2.45, 2.75) is 90.5 Å². The third kappa shape index (κ3) is 4.72. The van der Waals surface area contributed by atoms with Gasteiger partial charge in [0, 0.05) is 13.1 Å². The first-order valence-electron chi connectivity index (χ1n) is 8.96. The number of carbonyl (C=O) groups excluding carboxylic acids is 1. The number of nitrogens with zero attached hydrogens (tertiary/aromatic N) is 1. The minimum absolute atomic E-state index is 0.0273. The highest BCUT2D eigenvalue weighted by molar-refractivity contribution is 6.80. The fourth-order valence-electron chi connectivity index (χ4n) is 3.92. The van der Waals surface area contributed by atoms with Crippen molar-refractivity contribution < 1.29 is 14.3 Å². The molecule has 0 saturated carbocycles. The lowest BCUT2D eigenvalue weighted by Gasteiger charge is -2.51. The maximum absolute atomic E-state index is 12.9. The molecule has 0 aromatic carbocycles. The normalized spacial score (nSPS) is 18.4. The van der Waals surface area contributed by atoms with Gasteiger partial charge in [-0.3, -0.25) is 0 Å². The van der Waals surface area contributed by atoms with Crippen molar-refractivity contribution in [3.8, 4) is 0 Å². The molecule has 4 nitrogen and oxygen atoms in total. The molecule has 1 fully saturated rings. The Morgan fingerprint density at radius 2 is 1.57 bits per heavy atom. The van der Waals surface area contributed by atoms with E-state index in [-0.39, 0.29) is 22.3 Å². The average molecular weight is 344 g/mol. The number of aliphatic hydroxyl groups excluding tert-OH is 1. The van der Waals surface area contributed by atoms with Gasteiger partial charge in [0.2, 0.25) is 0 Å². The number of amides is 1. The maximum Gasteiger partial charge on any atom is 0.396 e. The molecule has 1 heterocycles. The van der Waals surface area contributed by atoms with Crippen LogP contribution in [0.25, 0.3) is 0 Å². The highest BCUT2D eigenvalue weighted by atomic mass is 28.4. The minimum Gasteiger partial charge on any atom is -0.502 e. The Labute approximate surface area is 143 Å². The van der Waals surface area contributed by atoms with Crippen LogP contribution in [0.15, 0.2) is 0 Å². The second-order valence-electron chi connectivity index (χ2n) is 9.51. The van der Waals surface area contributed by atoms with Crippen LogP contribution in [0.3, 0.4) is 0 Å². The van der Waals surface area contributed by atoms with Gasteiger partial charge in [-0.2, -0.15) is 0 Å². The minimum atomic E-state index is -2.38. The number of piperidine rings is 1. The number of hydrogen-bond acceptors (Lipinski definition) is 3. The molecular weight excluding hydrogens is 306 g/mol. The molecule has 0 bridgehead atoms. The van der Waals surface area contributed by atoms with Crippen molar-refractivity contribution in [3.05, 3.63) is 0 Å². The van der Waals surface area contributed by atoms with Crippen LogP contribution in [0.5, 0.6) is 0 Å². The van der Waals surface area contributed by atoms with Crippen molar-refractivity contribution in [2.24, 2.45) is 5.92 Å². The molecule has 1 rings (SSSR count). The molecule has 136 valence electrons. The maximum atomic E-state index is 12.9. The largest absolute Gasteiger partial charge is 0.502 e. The zero-order chi connectivity index (χ0) is 18.1. The predicted octanol–water partition coefficient (Wildman–Crippen LogP) is 4.78. The fraction of sp³-hybridized carbons (Fsp3) is 0.944. The van der Waals surface area contributed by atoms with E-state index in [1.165, 1.54) is 0 Å². The second kappa shape index (κ2) is 7.14. The number of likely N-dealkylation sites (tertiary alicyclic amines) is 1. The second-order valence-corrected chi connectivity index (χ2v) is 14.8. The molecule has 1 amide bonds. The number of hydrogen-bond donors (Lipinski definition) is 1. The SMILES string of the molecule is CC(C)C[Si](OC(=O)N1CCC(O)CC1)(C(C)(C)C)C(C)(C)C. The first kappa shape index (κ1) is 20.5. The van der Waals surface area contributed by atoms with Gasteiger partial charge in [-0.25, -0.2) is 4.79 Å². The van der Waals surface area contributed by atoms with Gasteiger partial charge in [0.15, 0.2) is 0 Å². The van der Waals surface area contributed by atoms with Gasteiger partial charge in [-0.15, -0.1) is 0 Å². The third-order valence-corrected chi connectivity index (χ3v) is 11.9. The Hall–Kier alpha value is -0.553. The van der Waals surface area contributed by atoms with Gasteiger partial charge in [0.1, 0.15) is 0 Å². The Morgan fingerprint density at radius 3 is 1.91 bits per heavy atom. The van der Waals surface area contributed by atoms with Crippen LogP contribution in [0.4, 0.5) is 4.79 Å². The molecule has 0 unspecified atom stereocenters. The van der Waals surface area contributed by atoms with Crippen molar-refractivity contribution >= 4 is 14.4 Å². The number of rotatable bonds is 3. The third-order valence-electron chi connectivity index (χ3n) is 5.10. The molecule has 23 heavy (non-hydrogen) atoms. The van der Waals surface area contributed by atoms with Crippen molar-refractivity contribution in [2.75, 3.05) is 13.1 Å². The molecule has 0 radical (unpaired) electrons. The number of aliphatic hydroxyl groups is 1. The summed E-state index contributed by atoms with van der Waals surface area (Å²) >= 11 is 0. The van der Waals surface area contributed by atoms with Crippen LogP contribution in [0.1, 0.15) is 68.2 Å². The zero-order valence-electron chi connectivity index (χ0n) is 16.4. The summed E-state index contributed by atoms with van der Waals surface area (Å²) in [5, 5.41) is 9.59. The Morgan fingerprint density at radius 1 is 1.13 bits per heavy atom. The zero-order valence-corrected chi connectivity index (χ0v) is 17.4. The van der Waals surface area contributed by atoms with Gasteiger partial charge in [0.25, 0.3) is 8.32 Å². The molecule has 0 aromatic heterocycles. The van der Waals surface area contributed by atoms with Crippen LogP contribution in [0, 0.1) is 5.92 Å². The molecule has 0 atom stereocenters. The van der Waals surface area contributed by atoms with E-state index in [4.69, 9.17) is 4.43 Å². The number of carbonyl (C=O) groups is 1. The van der Waals surface area contributed by atoms with E-state index in [1.54, 1.807) is 4.90 Å². The Kier molecular flexibility index (Phi) is 6.36. The van der Waals surface area contributed by atoms with Gasteiger partial charge < -0.3 is 14.4 Å². The van der Waals surface area contributed by atoms with Crippen LogP contribution in [-0.4, -0.2) is 43.6 Å². The summed E-state index contributed by atoms with van der Waals surface area (Å²) in [5.74, 6) is 0.496. The molecule has 1 saturated heterocycles. The summed E-state index contributed by atoms with van der Waals surface area (Å²) in [6, 6.07) is 0.974. The average Bonchev–Trinajstić information content (AvgIpc) is 2.35. The smallest absolute Gasteiger partial charge is 0.396 e. The monoisotopic (exact) mass is 343 g/mol. The first-order chi connectivity index (χ1) is 10.3. The van der Waals surface area contributed by atoms with Crippen molar-refractivity contribution in [3.63, 3.8) is 0 Å². The summed E-state index contributed by atoms with van der Waals surface area (Å²) in [4.78, 5) is 14.6. The lowest BCUT2D eigenvalue weighted by molar-refractivity contribution is 0.0764. The quantitative estimate of drug-likeness (QED) is 0.750. The van der Waals surface area contributed by atoms with Gasteiger partial charge in [-0.1, -0.05) is 55.4 Å². The van der Waals surface area contributed by atoms with E-state index >= 15 is 0 Å². The van der Waals surface area contributed by atoms with E-state index in [9.17, 15) is 9.90 Å². The molecule has 1 aliphatic rings. The van der Waals surface area contributed by atoms with E-state index in [0.29, 0.717) is 31.8 Å². The molecule has 0 spiro atoms.